The van der Waals surface area contributed by atoms with Gasteiger partial charge in [0, 0.05) is 24.4 Å². The summed E-state index contributed by atoms with van der Waals surface area (Å²) in [6, 6.07) is 13.1. The normalized spacial score (nSPS) is 15.7. The average Bonchev–Trinajstić information content (AvgIpc) is 2.64. The highest BCUT2D eigenvalue weighted by molar-refractivity contribution is 6.30. The van der Waals surface area contributed by atoms with Crippen LogP contribution in [0.5, 0.6) is 5.75 Å². The van der Waals surface area contributed by atoms with Crippen molar-refractivity contribution in [3.05, 3.63) is 58.6 Å². The number of hydrogen-bond acceptors (Lipinski definition) is 3. The maximum Gasteiger partial charge on any atom is 0.227 e. The van der Waals surface area contributed by atoms with Crippen molar-refractivity contribution >= 4 is 29.1 Å². The van der Waals surface area contributed by atoms with Crippen molar-refractivity contribution in [1.82, 2.24) is 5.32 Å². The van der Waals surface area contributed by atoms with Crippen LogP contribution in [0.15, 0.2) is 42.5 Å². The summed E-state index contributed by atoms with van der Waals surface area (Å²) in [5, 5.41) is 3.46. The van der Waals surface area contributed by atoms with Gasteiger partial charge in [-0.05, 0) is 49.2 Å². The van der Waals surface area contributed by atoms with E-state index in [1.54, 1.807) is 17.0 Å². The van der Waals surface area contributed by atoms with E-state index in [9.17, 15) is 9.59 Å². The van der Waals surface area contributed by atoms with Crippen molar-refractivity contribution in [2.45, 2.75) is 39.3 Å². The molecule has 2 aromatic carbocycles. The molecule has 1 aliphatic heterocycles. The Kier molecular flexibility index (Phi) is 6.01. The second-order valence-corrected chi connectivity index (χ2v) is 7.25. The van der Waals surface area contributed by atoms with Gasteiger partial charge in [0.25, 0.3) is 0 Å². The van der Waals surface area contributed by atoms with E-state index in [1.807, 2.05) is 44.2 Å². The molecule has 1 heterocycles. The molecule has 1 N–H and O–H groups in total. The number of carbonyl (C=O) groups excluding carboxylic acids is 2. The summed E-state index contributed by atoms with van der Waals surface area (Å²) in [6.07, 6.45) is 0.217. The molecule has 0 saturated heterocycles. The fourth-order valence-electron chi connectivity index (χ4n) is 3.08. The SMILES string of the molecule is Cc1ccc2c(c1)N(C(=O)CCC(=O)NCc1cccc(Cl)c1)CC(C)O2. The Bertz CT molecular complexity index is 853. The van der Waals surface area contributed by atoms with Gasteiger partial charge in [-0.3, -0.25) is 9.59 Å². The zero-order chi connectivity index (χ0) is 19.4. The Balaban J connectivity index is 1.56. The van der Waals surface area contributed by atoms with Crippen LogP contribution in [-0.2, 0) is 16.1 Å². The lowest BCUT2D eigenvalue weighted by atomic mass is 10.1. The predicted molar refractivity (Wildman–Crippen MR) is 106 cm³/mol. The summed E-state index contributed by atoms with van der Waals surface area (Å²) in [5.74, 6) is 0.474. The van der Waals surface area contributed by atoms with E-state index in [0.29, 0.717) is 23.9 Å². The first-order valence-corrected chi connectivity index (χ1v) is 9.39. The van der Waals surface area contributed by atoms with Crippen LogP contribution in [0.4, 0.5) is 5.69 Å². The smallest absolute Gasteiger partial charge is 0.227 e. The van der Waals surface area contributed by atoms with Crippen molar-refractivity contribution in [3.63, 3.8) is 0 Å². The first-order valence-electron chi connectivity index (χ1n) is 9.01. The van der Waals surface area contributed by atoms with Crippen LogP contribution in [0, 0.1) is 6.92 Å². The minimum absolute atomic E-state index is 0.0742. The number of amides is 2. The third-order valence-electron chi connectivity index (χ3n) is 4.42. The van der Waals surface area contributed by atoms with Gasteiger partial charge in [-0.1, -0.05) is 29.8 Å². The third kappa shape index (κ3) is 5.01. The molecule has 0 radical (unpaired) electrons. The number of benzene rings is 2. The van der Waals surface area contributed by atoms with E-state index in [1.165, 1.54) is 0 Å². The van der Waals surface area contributed by atoms with Crippen molar-refractivity contribution in [3.8, 4) is 5.75 Å². The summed E-state index contributed by atoms with van der Waals surface area (Å²) >= 11 is 5.94. The van der Waals surface area contributed by atoms with E-state index in [-0.39, 0.29) is 30.8 Å². The van der Waals surface area contributed by atoms with E-state index in [2.05, 4.69) is 5.32 Å². The minimum atomic E-state index is -0.158. The predicted octanol–water partition coefficient (Wildman–Crippen LogP) is 3.86. The molecule has 2 amide bonds. The molecule has 6 heteroatoms. The fraction of sp³-hybridized carbons (Fsp3) is 0.333. The molecule has 0 bridgehead atoms. The molecule has 0 aliphatic carbocycles. The zero-order valence-corrected chi connectivity index (χ0v) is 16.3. The van der Waals surface area contributed by atoms with Gasteiger partial charge >= 0.3 is 0 Å². The first kappa shape index (κ1) is 19.2. The first-order chi connectivity index (χ1) is 12.9. The monoisotopic (exact) mass is 386 g/mol. The Morgan fingerprint density at radius 1 is 1.22 bits per heavy atom. The van der Waals surface area contributed by atoms with Crippen LogP contribution in [-0.4, -0.2) is 24.5 Å². The van der Waals surface area contributed by atoms with Crippen LogP contribution in [0.25, 0.3) is 0 Å². The molecule has 0 saturated carbocycles. The van der Waals surface area contributed by atoms with E-state index < -0.39 is 0 Å². The second-order valence-electron chi connectivity index (χ2n) is 6.81. The number of carbonyl (C=O) groups is 2. The lowest BCUT2D eigenvalue weighted by molar-refractivity contribution is -0.125. The summed E-state index contributed by atoms with van der Waals surface area (Å²) in [4.78, 5) is 26.5. The number of rotatable bonds is 5. The van der Waals surface area contributed by atoms with E-state index in [0.717, 1.165) is 16.8 Å². The van der Waals surface area contributed by atoms with Crippen LogP contribution in [0.2, 0.25) is 5.02 Å². The Morgan fingerprint density at radius 3 is 2.81 bits per heavy atom. The quantitative estimate of drug-likeness (QED) is 0.848. The Morgan fingerprint density at radius 2 is 2.04 bits per heavy atom. The topological polar surface area (TPSA) is 58.6 Å². The van der Waals surface area contributed by atoms with Gasteiger partial charge in [0.1, 0.15) is 11.9 Å². The highest BCUT2D eigenvalue weighted by Crippen LogP contribution is 2.34. The average molecular weight is 387 g/mol. The van der Waals surface area contributed by atoms with Crippen molar-refractivity contribution in [1.29, 1.82) is 0 Å². The molecule has 2 aromatic rings. The Hall–Kier alpha value is -2.53. The van der Waals surface area contributed by atoms with Gasteiger partial charge in [0.15, 0.2) is 0 Å². The molecule has 0 spiro atoms. The molecule has 1 aliphatic rings. The number of anilines is 1. The number of nitrogens with one attached hydrogen (secondary N) is 1. The van der Waals surface area contributed by atoms with E-state index >= 15 is 0 Å². The van der Waals surface area contributed by atoms with Crippen LogP contribution in [0.1, 0.15) is 30.9 Å². The van der Waals surface area contributed by atoms with Gasteiger partial charge in [0.05, 0.1) is 12.2 Å². The summed E-state index contributed by atoms with van der Waals surface area (Å²) in [6.45, 7) is 4.79. The molecule has 3 rings (SSSR count). The number of aryl methyl sites for hydroxylation is 1. The number of nitrogens with zero attached hydrogens (tertiary/aromatic N) is 1. The fourth-order valence-corrected chi connectivity index (χ4v) is 3.29. The van der Waals surface area contributed by atoms with Gasteiger partial charge in [0.2, 0.25) is 11.8 Å². The van der Waals surface area contributed by atoms with Crippen LogP contribution >= 0.6 is 11.6 Å². The Labute approximate surface area is 164 Å². The number of halogens is 1. The number of fused-ring (bicyclic) bond motifs is 1. The summed E-state index contributed by atoms with van der Waals surface area (Å²) in [5.41, 5.74) is 2.76. The standard InChI is InChI=1S/C21H23ClN2O3/c1-14-6-7-19-18(10-14)24(13-15(2)27-19)21(26)9-8-20(25)23-12-16-4-3-5-17(22)11-16/h3-7,10-11,15H,8-9,12-13H2,1-2H3,(H,23,25). The highest BCUT2D eigenvalue weighted by atomic mass is 35.5. The van der Waals surface area contributed by atoms with Gasteiger partial charge in [-0.25, -0.2) is 0 Å². The number of ether oxygens (including phenoxy) is 1. The molecular weight excluding hydrogens is 364 g/mol. The largest absolute Gasteiger partial charge is 0.487 e. The third-order valence-corrected chi connectivity index (χ3v) is 4.65. The number of hydrogen-bond donors (Lipinski definition) is 1. The maximum absolute atomic E-state index is 12.7. The van der Waals surface area contributed by atoms with Crippen LogP contribution in [0.3, 0.4) is 0 Å². The lowest BCUT2D eigenvalue weighted by Gasteiger charge is -2.33. The maximum atomic E-state index is 12.7. The van der Waals surface area contributed by atoms with E-state index in [4.69, 9.17) is 16.3 Å². The molecule has 142 valence electrons. The van der Waals surface area contributed by atoms with Gasteiger partial charge < -0.3 is 15.0 Å². The molecule has 5 nitrogen and oxygen atoms in total. The highest BCUT2D eigenvalue weighted by Gasteiger charge is 2.27. The lowest BCUT2D eigenvalue weighted by Crippen LogP contribution is -2.42. The van der Waals surface area contributed by atoms with Crippen molar-refractivity contribution < 1.29 is 14.3 Å². The van der Waals surface area contributed by atoms with Crippen molar-refractivity contribution in [2.24, 2.45) is 0 Å². The molecule has 1 atom stereocenters. The van der Waals surface area contributed by atoms with Crippen LogP contribution < -0.4 is 15.0 Å². The zero-order valence-electron chi connectivity index (χ0n) is 15.5. The summed E-state index contributed by atoms with van der Waals surface area (Å²) in [7, 11) is 0. The summed E-state index contributed by atoms with van der Waals surface area (Å²) < 4.78 is 5.81. The molecule has 0 fully saturated rings. The van der Waals surface area contributed by atoms with Gasteiger partial charge in [-0.15, -0.1) is 0 Å². The molecule has 1 unspecified atom stereocenters. The molecular formula is C21H23ClN2O3. The van der Waals surface area contributed by atoms with Crippen molar-refractivity contribution in [2.75, 3.05) is 11.4 Å². The minimum Gasteiger partial charge on any atom is -0.487 e. The van der Waals surface area contributed by atoms with Gasteiger partial charge in [-0.2, -0.15) is 0 Å². The molecule has 27 heavy (non-hydrogen) atoms. The molecule has 0 aromatic heterocycles. The second kappa shape index (κ2) is 8.44.